The van der Waals surface area contributed by atoms with E-state index in [1.165, 1.54) is 16.9 Å². The summed E-state index contributed by atoms with van der Waals surface area (Å²) in [5.41, 5.74) is 4.01. The summed E-state index contributed by atoms with van der Waals surface area (Å²) in [6, 6.07) is 19.6. The molecule has 0 aromatic heterocycles. The summed E-state index contributed by atoms with van der Waals surface area (Å²) in [5, 5.41) is 3.19. The number of hydrogen-bond donors (Lipinski definition) is 1. The van der Waals surface area contributed by atoms with Crippen LogP contribution >= 0.6 is 0 Å². The Morgan fingerprint density at radius 2 is 1.29 bits per heavy atom. The first-order valence-corrected chi connectivity index (χ1v) is 7.65. The van der Waals surface area contributed by atoms with Crippen LogP contribution in [0.3, 0.4) is 0 Å². The van der Waals surface area contributed by atoms with Gasteiger partial charge in [0.15, 0.2) is 0 Å². The van der Waals surface area contributed by atoms with E-state index in [4.69, 9.17) is 0 Å². The fourth-order valence-electron chi connectivity index (χ4n) is 2.89. The quantitative estimate of drug-likeness (QED) is 0.929. The first-order chi connectivity index (χ1) is 10.4. The van der Waals surface area contributed by atoms with E-state index in [2.05, 4.69) is 69.7 Å². The van der Waals surface area contributed by atoms with Crippen molar-refractivity contribution in [3.8, 4) is 0 Å². The van der Waals surface area contributed by atoms with Crippen molar-refractivity contribution in [2.75, 3.05) is 43.0 Å². The first kappa shape index (κ1) is 14.0. The lowest BCUT2D eigenvalue weighted by Gasteiger charge is -2.37. The number of nitrogens with one attached hydrogen (secondary N) is 1. The van der Waals surface area contributed by atoms with Crippen LogP contribution < -0.4 is 15.1 Å². The minimum absolute atomic E-state index is 0.933. The smallest absolute Gasteiger partial charge is 0.0367 e. The third kappa shape index (κ3) is 3.37. The number of benzene rings is 2. The summed E-state index contributed by atoms with van der Waals surface area (Å²) in [6.45, 7) is 5.27. The molecule has 1 saturated heterocycles. The Hall–Kier alpha value is -2.00. The van der Waals surface area contributed by atoms with E-state index in [0.29, 0.717) is 0 Å². The summed E-state index contributed by atoms with van der Waals surface area (Å²) < 4.78 is 0. The van der Waals surface area contributed by atoms with Gasteiger partial charge in [0.05, 0.1) is 0 Å². The van der Waals surface area contributed by atoms with Gasteiger partial charge in [-0.05, 0) is 36.9 Å². The molecule has 0 saturated carbocycles. The molecule has 1 heterocycles. The Kier molecular flexibility index (Phi) is 4.41. The predicted octanol–water partition coefficient (Wildman–Crippen LogP) is 2.73. The summed E-state index contributed by atoms with van der Waals surface area (Å²) >= 11 is 0. The van der Waals surface area contributed by atoms with E-state index in [-0.39, 0.29) is 0 Å². The zero-order valence-electron chi connectivity index (χ0n) is 12.6. The van der Waals surface area contributed by atoms with E-state index in [1.54, 1.807) is 0 Å². The van der Waals surface area contributed by atoms with Crippen LogP contribution in [0.2, 0.25) is 0 Å². The van der Waals surface area contributed by atoms with Gasteiger partial charge < -0.3 is 15.1 Å². The molecule has 2 aromatic carbocycles. The Morgan fingerprint density at radius 1 is 0.762 bits per heavy atom. The first-order valence-electron chi connectivity index (χ1n) is 7.65. The molecule has 0 aliphatic carbocycles. The summed E-state index contributed by atoms with van der Waals surface area (Å²) in [7, 11) is 1.98. The maximum absolute atomic E-state index is 3.19. The van der Waals surface area contributed by atoms with Crippen LogP contribution in [0.4, 0.5) is 11.4 Å². The molecule has 0 atom stereocenters. The van der Waals surface area contributed by atoms with Crippen molar-refractivity contribution >= 4 is 11.4 Å². The zero-order valence-corrected chi connectivity index (χ0v) is 12.6. The minimum Gasteiger partial charge on any atom is -0.368 e. The third-order valence-corrected chi connectivity index (χ3v) is 4.08. The molecular formula is C18H23N3. The maximum atomic E-state index is 3.19. The van der Waals surface area contributed by atoms with Gasteiger partial charge in [0, 0.05) is 44.1 Å². The maximum Gasteiger partial charge on any atom is 0.0367 e. The van der Waals surface area contributed by atoms with Crippen molar-refractivity contribution in [3.63, 3.8) is 0 Å². The van der Waals surface area contributed by atoms with E-state index in [1.807, 2.05) is 7.05 Å². The lowest BCUT2D eigenvalue weighted by atomic mass is 10.1. The Balaban J connectivity index is 1.60. The van der Waals surface area contributed by atoms with Gasteiger partial charge in [0.2, 0.25) is 0 Å². The molecule has 3 nitrogen and oxygen atoms in total. The van der Waals surface area contributed by atoms with Crippen LogP contribution in [-0.4, -0.2) is 33.2 Å². The standard InChI is InChI=1S/C18H23N3/c1-19-15-16-7-9-18(10-8-16)21-13-11-20(12-14-21)17-5-3-2-4-6-17/h2-10,19H,11-15H2,1H3. The molecule has 0 spiro atoms. The van der Waals surface area contributed by atoms with Crippen molar-refractivity contribution in [1.82, 2.24) is 5.32 Å². The molecule has 1 N–H and O–H groups in total. The molecule has 110 valence electrons. The number of piperazine rings is 1. The molecule has 0 bridgehead atoms. The second-order valence-corrected chi connectivity index (χ2v) is 5.51. The number of rotatable bonds is 4. The molecule has 1 aliphatic heterocycles. The number of nitrogens with zero attached hydrogens (tertiary/aromatic N) is 2. The molecule has 3 rings (SSSR count). The summed E-state index contributed by atoms with van der Waals surface area (Å²) in [6.07, 6.45) is 0. The van der Waals surface area contributed by atoms with Crippen LogP contribution in [0, 0.1) is 0 Å². The molecule has 1 aliphatic rings. The van der Waals surface area contributed by atoms with Crippen LogP contribution in [0.1, 0.15) is 5.56 Å². The van der Waals surface area contributed by atoms with E-state index in [0.717, 1.165) is 32.7 Å². The largest absolute Gasteiger partial charge is 0.368 e. The number of anilines is 2. The van der Waals surface area contributed by atoms with Crippen LogP contribution in [-0.2, 0) is 6.54 Å². The highest BCUT2D eigenvalue weighted by Crippen LogP contribution is 2.20. The molecule has 3 heteroatoms. The predicted molar refractivity (Wildman–Crippen MR) is 90.1 cm³/mol. The van der Waals surface area contributed by atoms with Crippen molar-refractivity contribution in [3.05, 3.63) is 60.2 Å². The highest BCUT2D eigenvalue weighted by molar-refractivity contribution is 5.52. The van der Waals surface area contributed by atoms with Gasteiger partial charge in [-0.2, -0.15) is 0 Å². The number of hydrogen-bond acceptors (Lipinski definition) is 3. The molecule has 0 radical (unpaired) electrons. The van der Waals surface area contributed by atoms with E-state index in [9.17, 15) is 0 Å². The monoisotopic (exact) mass is 281 g/mol. The van der Waals surface area contributed by atoms with Gasteiger partial charge in [0.1, 0.15) is 0 Å². The average Bonchev–Trinajstić information content (AvgIpc) is 2.57. The van der Waals surface area contributed by atoms with Crippen molar-refractivity contribution < 1.29 is 0 Å². The van der Waals surface area contributed by atoms with Gasteiger partial charge >= 0.3 is 0 Å². The normalized spacial score (nSPS) is 15.3. The minimum atomic E-state index is 0.933. The van der Waals surface area contributed by atoms with Crippen molar-refractivity contribution in [1.29, 1.82) is 0 Å². The number of para-hydroxylation sites is 1. The average molecular weight is 281 g/mol. The lowest BCUT2D eigenvalue weighted by Crippen LogP contribution is -2.46. The molecule has 1 fully saturated rings. The van der Waals surface area contributed by atoms with Crippen LogP contribution in [0.5, 0.6) is 0 Å². The van der Waals surface area contributed by atoms with Gasteiger partial charge in [-0.1, -0.05) is 30.3 Å². The topological polar surface area (TPSA) is 18.5 Å². The molecule has 2 aromatic rings. The van der Waals surface area contributed by atoms with Crippen molar-refractivity contribution in [2.24, 2.45) is 0 Å². The van der Waals surface area contributed by atoms with Gasteiger partial charge in [-0.25, -0.2) is 0 Å². The fourth-order valence-corrected chi connectivity index (χ4v) is 2.89. The van der Waals surface area contributed by atoms with Gasteiger partial charge in [0.25, 0.3) is 0 Å². The van der Waals surface area contributed by atoms with Crippen LogP contribution in [0.25, 0.3) is 0 Å². The Bertz CT molecular complexity index is 542. The Morgan fingerprint density at radius 3 is 1.81 bits per heavy atom. The lowest BCUT2D eigenvalue weighted by molar-refractivity contribution is 0.653. The Labute approximate surface area is 127 Å². The fraction of sp³-hybridized carbons (Fsp3) is 0.333. The van der Waals surface area contributed by atoms with Crippen LogP contribution in [0.15, 0.2) is 54.6 Å². The second kappa shape index (κ2) is 6.64. The summed E-state index contributed by atoms with van der Waals surface area (Å²) in [5.74, 6) is 0. The van der Waals surface area contributed by atoms with E-state index >= 15 is 0 Å². The van der Waals surface area contributed by atoms with E-state index < -0.39 is 0 Å². The molecule has 21 heavy (non-hydrogen) atoms. The molecule has 0 amide bonds. The van der Waals surface area contributed by atoms with Gasteiger partial charge in [-0.3, -0.25) is 0 Å². The molecular weight excluding hydrogens is 258 g/mol. The second-order valence-electron chi connectivity index (χ2n) is 5.51. The zero-order chi connectivity index (χ0) is 14.5. The SMILES string of the molecule is CNCc1ccc(N2CCN(c3ccccc3)CC2)cc1. The van der Waals surface area contributed by atoms with Gasteiger partial charge in [-0.15, -0.1) is 0 Å². The molecule has 0 unspecified atom stereocenters. The highest BCUT2D eigenvalue weighted by Gasteiger charge is 2.17. The summed E-state index contributed by atoms with van der Waals surface area (Å²) in [4.78, 5) is 4.94. The van der Waals surface area contributed by atoms with Crippen molar-refractivity contribution in [2.45, 2.75) is 6.54 Å². The highest BCUT2D eigenvalue weighted by atomic mass is 15.3. The third-order valence-electron chi connectivity index (χ3n) is 4.08.